The smallest absolute Gasteiger partial charge is 0.0448 e. The highest BCUT2D eigenvalue weighted by atomic mass is 32.1. The van der Waals surface area contributed by atoms with Crippen molar-refractivity contribution in [1.29, 1.82) is 0 Å². The van der Waals surface area contributed by atoms with Gasteiger partial charge in [0, 0.05) is 42.8 Å². The summed E-state index contributed by atoms with van der Waals surface area (Å²) < 4.78 is 0. The van der Waals surface area contributed by atoms with E-state index in [9.17, 15) is 0 Å². The fourth-order valence-corrected chi connectivity index (χ4v) is 2.89. The second-order valence-electron chi connectivity index (χ2n) is 4.70. The van der Waals surface area contributed by atoms with Crippen LogP contribution in [-0.2, 0) is 13.1 Å². The van der Waals surface area contributed by atoms with Gasteiger partial charge in [0.1, 0.15) is 0 Å². The largest absolute Gasteiger partial charge is 0.364 e. The molecule has 1 saturated carbocycles. The lowest BCUT2D eigenvalue weighted by molar-refractivity contribution is 0.786. The summed E-state index contributed by atoms with van der Waals surface area (Å²) in [6, 6.07) is 4.97. The number of rotatable bonds is 5. The average molecular weight is 259 g/mol. The van der Waals surface area contributed by atoms with Gasteiger partial charge < -0.3 is 10.6 Å². The fourth-order valence-electron chi connectivity index (χ4n) is 2.23. The Morgan fingerprint density at radius 3 is 2.94 bits per heavy atom. The highest BCUT2D eigenvalue weighted by molar-refractivity contribution is 7.07. The van der Waals surface area contributed by atoms with Gasteiger partial charge in [-0.05, 0) is 41.3 Å². The van der Waals surface area contributed by atoms with Crippen molar-refractivity contribution >= 4 is 17.0 Å². The van der Waals surface area contributed by atoms with E-state index >= 15 is 0 Å². The fraction of sp³-hybridized carbons (Fsp3) is 0.357. The average Bonchev–Trinajstić information content (AvgIpc) is 3.13. The highest BCUT2D eigenvalue weighted by Gasteiger charge is 2.30. The molecule has 1 aliphatic rings. The van der Waals surface area contributed by atoms with Crippen molar-refractivity contribution in [3.05, 3.63) is 46.4 Å². The molecule has 0 saturated heterocycles. The van der Waals surface area contributed by atoms with E-state index in [-0.39, 0.29) is 0 Å². The Balaban J connectivity index is 1.89. The van der Waals surface area contributed by atoms with Gasteiger partial charge in [-0.2, -0.15) is 11.3 Å². The summed E-state index contributed by atoms with van der Waals surface area (Å²) in [6.07, 6.45) is 6.32. The van der Waals surface area contributed by atoms with Gasteiger partial charge in [0.15, 0.2) is 0 Å². The monoisotopic (exact) mass is 259 g/mol. The van der Waals surface area contributed by atoms with Crippen LogP contribution in [-0.4, -0.2) is 11.0 Å². The number of hydrogen-bond acceptors (Lipinski definition) is 4. The minimum absolute atomic E-state index is 0.552. The number of nitrogens with two attached hydrogens (primary N) is 1. The van der Waals surface area contributed by atoms with Gasteiger partial charge in [-0.15, -0.1) is 0 Å². The number of aromatic nitrogens is 1. The molecule has 0 radical (unpaired) electrons. The molecule has 0 atom stereocenters. The van der Waals surface area contributed by atoms with E-state index in [4.69, 9.17) is 5.73 Å². The standard InChI is InChI=1S/C14H17N3S/c15-7-12-8-16-5-3-14(12)17(13-1-2-13)9-11-4-6-18-10-11/h3-6,8,10,13H,1-2,7,9,15H2. The van der Waals surface area contributed by atoms with Crippen molar-refractivity contribution in [2.45, 2.75) is 32.0 Å². The maximum atomic E-state index is 5.82. The first-order chi connectivity index (χ1) is 8.88. The van der Waals surface area contributed by atoms with Gasteiger partial charge >= 0.3 is 0 Å². The zero-order chi connectivity index (χ0) is 12.4. The van der Waals surface area contributed by atoms with Gasteiger partial charge in [-0.25, -0.2) is 0 Å². The Morgan fingerprint density at radius 2 is 2.28 bits per heavy atom. The van der Waals surface area contributed by atoms with E-state index in [2.05, 4.69) is 32.8 Å². The van der Waals surface area contributed by atoms with E-state index in [1.165, 1.54) is 24.1 Å². The second-order valence-corrected chi connectivity index (χ2v) is 5.48. The van der Waals surface area contributed by atoms with Crippen LogP contribution >= 0.6 is 11.3 Å². The molecule has 1 fully saturated rings. The lowest BCUT2D eigenvalue weighted by Crippen LogP contribution is -2.26. The van der Waals surface area contributed by atoms with Crippen LogP contribution in [0.4, 0.5) is 5.69 Å². The number of hydrogen-bond donors (Lipinski definition) is 1. The summed E-state index contributed by atoms with van der Waals surface area (Å²) in [4.78, 5) is 6.65. The Bertz CT molecular complexity index is 506. The second kappa shape index (κ2) is 5.08. The predicted molar refractivity (Wildman–Crippen MR) is 75.7 cm³/mol. The van der Waals surface area contributed by atoms with Crippen LogP contribution in [0, 0.1) is 0 Å². The summed E-state index contributed by atoms with van der Waals surface area (Å²) in [5, 5.41) is 4.36. The molecule has 0 amide bonds. The Hall–Kier alpha value is -1.39. The molecule has 0 bridgehead atoms. The van der Waals surface area contributed by atoms with Gasteiger partial charge in [0.25, 0.3) is 0 Å². The Labute approximate surface area is 111 Å². The van der Waals surface area contributed by atoms with E-state index in [1.54, 1.807) is 11.3 Å². The molecule has 2 aromatic heterocycles. The van der Waals surface area contributed by atoms with Crippen molar-refractivity contribution in [1.82, 2.24) is 4.98 Å². The molecule has 0 aliphatic heterocycles. The first-order valence-corrected chi connectivity index (χ1v) is 7.23. The molecule has 18 heavy (non-hydrogen) atoms. The maximum absolute atomic E-state index is 5.82. The third-order valence-corrected chi connectivity index (χ3v) is 4.06. The molecule has 0 unspecified atom stereocenters. The molecule has 3 nitrogen and oxygen atoms in total. The van der Waals surface area contributed by atoms with E-state index in [1.807, 2.05) is 12.4 Å². The minimum Gasteiger partial charge on any atom is -0.364 e. The number of pyridine rings is 1. The third-order valence-electron chi connectivity index (χ3n) is 3.33. The zero-order valence-electron chi connectivity index (χ0n) is 10.2. The minimum atomic E-state index is 0.552. The van der Waals surface area contributed by atoms with Crippen LogP contribution in [0.25, 0.3) is 0 Å². The topological polar surface area (TPSA) is 42.1 Å². The summed E-state index contributed by atoms with van der Waals surface area (Å²) >= 11 is 1.76. The molecule has 1 aliphatic carbocycles. The normalized spacial score (nSPS) is 14.7. The molecule has 94 valence electrons. The molecule has 2 N–H and O–H groups in total. The zero-order valence-corrected chi connectivity index (χ0v) is 11.1. The van der Waals surface area contributed by atoms with E-state index < -0.39 is 0 Å². The number of anilines is 1. The maximum Gasteiger partial charge on any atom is 0.0448 e. The van der Waals surface area contributed by atoms with Crippen LogP contribution in [0.2, 0.25) is 0 Å². The summed E-state index contributed by atoms with van der Waals surface area (Å²) in [5.74, 6) is 0. The quantitative estimate of drug-likeness (QED) is 0.897. The van der Waals surface area contributed by atoms with E-state index in [0.717, 1.165) is 12.1 Å². The first-order valence-electron chi connectivity index (χ1n) is 6.29. The van der Waals surface area contributed by atoms with Crippen LogP contribution in [0.15, 0.2) is 35.3 Å². The summed E-state index contributed by atoms with van der Waals surface area (Å²) in [6.45, 7) is 1.53. The molecular weight excluding hydrogens is 242 g/mol. The van der Waals surface area contributed by atoms with Gasteiger partial charge in [-0.3, -0.25) is 4.98 Å². The molecule has 0 aromatic carbocycles. The lowest BCUT2D eigenvalue weighted by Gasteiger charge is -2.26. The SMILES string of the molecule is NCc1cnccc1N(Cc1ccsc1)C1CC1. The van der Waals surface area contributed by atoms with Gasteiger partial charge in [0.2, 0.25) is 0 Å². The van der Waals surface area contributed by atoms with Crippen molar-refractivity contribution < 1.29 is 0 Å². The molecule has 0 spiro atoms. The molecule has 2 aromatic rings. The van der Waals surface area contributed by atoms with Crippen molar-refractivity contribution in [2.75, 3.05) is 4.90 Å². The Morgan fingerprint density at radius 1 is 1.39 bits per heavy atom. The van der Waals surface area contributed by atoms with Crippen LogP contribution in [0.1, 0.15) is 24.0 Å². The van der Waals surface area contributed by atoms with Crippen molar-refractivity contribution in [2.24, 2.45) is 5.73 Å². The van der Waals surface area contributed by atoms with Crippen LogP contribution in [0.3, 0.4) is 0 Å². The highest BCUT2D eigenvalue weighted by Crippen LogP contribution is 2.34. The first kappa shape index (κ1) is 11.7. The van der Waals surface area contributed by atoms with Crippen LogP contribution < -0.4 is 10.6 Å². The molecule has 4 heteroatoms. The summed E-state index contributed by atoms with van der Waals surface area (Å²) in [7, 11) is 0. The van der Waals surface area contributed by atoms with Crippen molar-refractivity contribution in [3.63, 3.8) is 0 Å². The van der Waals surface area contributed by atoms with Gasteiger partial charge in [0.05, 0.1) is 0 Å². The number of nitrogens with zero attached hydrogens (tertiary/aromatic N) is 2. The van der Waals surface area contributed by atoms with Crippen molar-refractivity contribution in [3.8, 4) is 0 Å². The predicted octanol–water partition coefficient (Wildman–Crippen LogP) is 2.77. The Kier molecular flexibility index (Phi) is 3.30. The lowest BCUT2D eigenvalue weighted by atomic mass is 10.2. The van der Waals surface area contributed by atoms with Gasteiger partial charge in [-0.1, -0.05) is 0 Å². The van der Waals surface area contributed by atoms with E-state index in [0.29, 0.717) is 12.6 Å². The molecule has 2 heterocycles. The summed E-state index contributed by atoms with van der Waals surface area (Å²) in [5.41, 5.74) is 9.59. The number of thiophene rings is 1. The third kappa shape index (κ3) is 2.40. The molecular formula is C14H17N3S. The molecule has 3 rings (SSSR count). The van der Waals surface area contributed by atoms with Crippen LogP contribution in [0.5, 0.6) is 0 Å².